The SMILES string of the molecule is O=C(CN1CCN(CC(=O)N(Cc2ccccc2)Cc2ccco2)CC1)N1CCOCC1. The fourth-order valence-corrected chi connectivity index (χ4v) is 4.13. The van der Waals surface area contributed by atoms with Crippen molar-refractivity contribution in [2.24, 2.45) is 0 Å². The first kappa shape index (κ1) is 22.5. The van der Waals surface area contributed by atoms with Gasteiger partial charge in [0.25, 0.3) is 0 Å². The zero-order chi connectivity index (χ0) is 22.2. The smallest absolute Gasteiger partial charge is 0.237 e. The molecule has 0 saturated carbocycles. The maximum atomic E-state index is 13.2. The van der Waals surface area contributed by atoms with E-state index in [2.05, 4.69) is 9.80 Å². The summed E-state index contributed by atoms with van der Waals surface area (Å²) in [5.41, 5.74) is 1.10. The van der Waals surface area contributed by atoms with Crippen LogP contribution in [0.4, 0.5) is 0 Å². The molecule has 0 bridgehead atoms. The second-order valence-electron chi connectivity index (χ2n) is 8.36. The van der Waals surface area contributed by atoms with Crippen LogP contribution < -0.4 is 0 Å². The van der Waals surface area contributed by atoms with Crippen LogP contribution in [-0.2, 0) is 27.4 Å². The number of nitrogens with zero attached hydrogens (tertiary/aromatic N) is 4. The average Bonchev–Trinajstić information content (AvgIpc) is 3.34. The molecule has 2 aliphatic heterocycles. The number of carbonyl (C=O) groups is 2. The summed E-state index contributed by atoms with van der Waals surface area (Å²) >= 11 is 0. The lowest BCUT2D eigenvalue weighted by molar-refractivity contribution is -0.138. The molecule has 2 fully saturated rings. The number of furan rings is 1. The first-order valence-electron chi connectivity index (χ1n) is 11.3. The van der Waals surface area contributed by atoms with Crippen molar-refractivity contribution < 1.29 is 18.7 Å². The highest BCUT2D eigenvalue weighted by Gasteiger charge is 2.25. The Balaban J connectivity index is 1.27. The molecule has 8 nitrogen and oxygen atoms in total. The molecule has 0 aliphatic carbocycles. The second kappa shape index (κ2) is 11.3. The average molecular weight is 441 g/mol. The van der Waals surface area contributed by atoms with Crippen molar-refractivity contribution in [3.63, 3.8) is 0 Å². The summed E-state index contributed by atoms with van der Waals surface area (Å²) in [6.07, 6.45) is 1.64. The lowest BCUT2D eigenvalue weighted by atomic mass is 10.2. The fourth-order valence-electron chi connectivity index (χ4n) is 4.13. The van der Waals surface area contributed by atoms with Crippen molar-refractivity contribution in [3.05, 3.63) is 60.1 Å². The molecule has 0 atom stereocenters. The second-order valence-corrected chi connectivity index (χ2v) is 8.36. The van der Waals surface area contributed by atoms with E-state index in [9.17, 15) is 9.59 Å². The van der Waals surface area contributed by atoms with Crippen LogP contribution in [0.3, 0.4) is 0 Å². The van der Waals surface area contributed by atoms with Gasteiger partial charge in [-0.05, 0) is 17.7 Å². The van der Waals surface area contributed by atoms with Gasteiger partial charge in [0.2, 0.25) is 11.8 Å². The number of hydrogen-bond donors (Lipinski definition) is 0. The highest BCUT2D eigenvalue weighted by Crippen LogP contribution is 2.12. The van der Waals surface area contributed by atoms with Gasteiger partial charge in [0.15, 0.2) is 0 Å². The van der Waals surface area contributed by atoms with Gasteiger partial charge >= 0.3 is 0 Å². The quantitative estimate of drug-likeness (QED) is 0.616. The van der Waals surface area contributed by atoms with Gasteiger partial charge in [-0.15, -0.1) is 0 Å². The van der Waals surface area contributed by atoms with Crippen LogP contribution >= 0.6 is 0 Å². The minimum absolute atomic E-state index is 0.0862. The van der Waals surface area contributed by atoms with Crippen LogP contribution in [0.1, 0.15) is 11.3 Å². The number of piperazine rings is 1. The van der Waals surface area contributed by atoms with Crippen LogP contribution in [0.2, 0.25) is 0 Å². The molecule has 1 aromatic carbocycles. The molecule has 1 aromatic heterocycles. The molecule has 0 unspecified atom stereocenters. The van der Waals surface area contributed by atoms with Crippen molar-refractivity contribution in [2.75, 3.05) is 65.6 Å². The molecule has 2 aliphatic rings. The van der Waals surface area contributed by atoms with E-state index in [1.165, 1.54) is 0 Å². The molecule has 2 aromatic rings. The fraction of sp³-hybridized carbons (Fsp3) is 0.500. The maximum Gasteiger partial charge on any atom is 0.237 e. The lowest BCUT2D eigenvalue weighted by Gasteiger charge is -2.36. The molecular formula is C24H32N4O4. The Bertz CT molecular complexity index is 844. The van der Waals surface area contributed by atoms with Gasteiger partial charge in [-0.3, -0.25) is 19.4 Å². The third-order valence-corrected chi connectivity index (χ3v) is 6.04. The van der Waals surface area contributed by atoms with Crippen molar-refractivity contribution in [3.8, 4) is 0 Å². The van der Waals surface area contributed by atoms with Gasteiger partial charge in [0.1, 0.15) is 5.76 Å². The number of hydrogen-bond acceptors (Lipinski definition) is 6. The summed E-state index contributed by atoms with van der Waals surface area (Å²) in [6, 6.07) is 13.8. The summed E-state index contributed by atoms with van der Waals surface area (Å²) in [5.74, 6) is 1.04. The van der Waals surface area contributed by atoms with E-state index in [0.717, 1.165) is 37.5 Å². The Morgan fingerprint density at radius 2 is 1.50 bits per heavy atom. The van der Waals surface area contributed by atoms with Crippen LogP contribution in [0.25, 0.3) is 0 Å². The zero-order valence-electron chi connectivity index (χ0n) is 18.5. The third kappa shape index (κ3) is 6.41. The van der Waals surface area contributed by atoms with Crippen molar-refractivity contribution in [2.45, 2.75) is 13.1 Å². The van der Waals surface area contributed by atoms with Gasteiger partial charge in [-0.25, -0.2) is 0 Å². The summed E-state index contributed by atoms with van der Waals surface area (Å²) < 4.78 is 10.8. The number of ether oxygens (including phenoxy) is 1. The Kier molecular flexibility index (Phi) is 7.92. The van der Waals surface area contributed by atoms with E-state index < -0.39 is 0 Å². The molecule has 3 heterocycles. The van der Waals surface area contributed by atoms with E-state index in [-0.39, 0.29) is 11.8 Å². The number of morpholine rings is 1. The molecule has 4 rings (SSSR count). The van der Waals surface area contributed by atoms with E-state index in [1.807, 2.05) is 52.3 Å². The molecule has 2 saturated heterocycles. The van der Waals surface area contributed by atoms with Crippen LogP contribution in [0.5, 0.6) is 0 Å². The van der Waals surface area contributed by atoms with Gasteiger partial charge < -0.3 is 19.0 Å². The molecule has 0 radical (unpaired) electrons. The van der Waals surface area contributed by atoms with Gasteiger partial charge in [-0.2, -0.15) is 0 Å². The Morgan fingerprint density at radius 3 is 2.16 bits per heavy atom. The molecule has 8 heteroatoms. The van der Waals surface area contributed by atoms with E-state index in [4.69, 9.17) is 9.15 Å². The normalized spacial score (nSPS) is 17.9. The molecule has 2 amide bonds. The van der Waals surface area contributed by atoms with Crippen LogP contribution in [-0.4, -0.2) is 97.0 Å². The van der Waals surface area contributed by atoms with Crippen molar-refractivity contribution >= 4 is 11.8 Å². The van der Waals surface area contributed by atoms with Crippen LogP contribution in [0.15, 0.2) is 53.1 Å². The van der Waals surface area contributed by atoms with E-state index in [0.29, 0.717) is 52.5 Å². The first-order chi connectivity index (χ1) is 15.7. The van der Waals surface area contributed by atoms with Gasteiger partial charge in [0, 0.05) is 45.8 Å². The maximum absolute atomic E-state index is 13.2. The van der Waals surface area contributed by atoms with E-state index >= 15 is 0 Å². The van der Waals surface area contributed by atoms with Gasteiger partial charge in [-0.1, -0.05) is 30.3 Å². The predicted octanol–water partition coefficient (Wildman–Crippen LogP) is 1.28. The molecule has 0 N–H and O–H groups in total. The predicted molar refractivity (Wildman–Crippen MR) is 120 cm³/mol. The standard InChI is InChI=1S/C24H32N4O4/c29-23(27-12-15-31-16-13-27)19-25-8-10-26(11-9-25)20-24(30)28(18-22-7-4-14-32-22)17-21-5-2-1-3-6-21/h1-7,14H,8-13,15-20H2. The van der Waals surface area contributed by atoms with Crippen molar-refractivity contribution in [1.82, 2.24) is 19.6 Å². The third-order valence-electron chi connectivity index (χ3n) is 6.04. The molecule has 172 valence electrons. The molecular weight excluding hydrogens is 408 g/mol. The number of amides is 2. The first-order valence-corrected chi connectivity index (χ1v) is 11.3. The monoisotopic (exact) mass is 440 g/mol. The zero-order valence-corrected chi connectivity index (χ0v) is 18.5. The minimum Gasteiger partial charge on any atom is -0.467 e. The highest BCUT2D eigenvalue weighted by atomic mass is 16.5. The largest absolute Gasteiger partial charge is 0.467 e. The number of rotatable bonds is 8. The highest BCUT2D eigenvalue weighted by molar-refractivity contribution is 5.79. The summed E-state index contributed by atoms with van der Waals surface area (Å²) in [7, 11) is 0. The van der Waals surface area contributed by atoms with Crippen LogP contribution in [0, 0.1) is 0 Å². The Hall–Kier alpha value is -2.68. The molecule has 32 heavy (non-hydrogen) atoms. The van der Waals surface area contributed by atoms with Crippen molar-refractivity contribution in [1.29, 1.82) is 0 Å². The lowest BCUT2D eigenvalue weighted by Crippen LogP contribution is -2.53. The van der Waals surface area contributed by atoms with Gasteiger partial charge in [0.05, 0.1) is 39.1 Å². The molecule has 0 spiro atoms. The number of benzene rings is 1. The Labute approximate surface area is 189 Å². The topological polar surface area (TPSA) is 69.5 Å². The Morgan fingerprint density at radius 1 is 0.812 bits per heavy atom. The number of carbonyl (C=O) groups excluding carboxylic acids is 2. The van der Waals surface area contributed by atoms with E-state index in [1.54, 1.807) is 6.26 Å². The summed E-state index contributed by atoms with van der Waals surface area (Å²) in [5, 5.41) is 0. The summed E-state index contributed by atoms with van der Waals surface area (Å²) in [6.45, 7) is 7.57. The summed E-state index contributed by atoms with van der Waals surface area (Å²) in [4.78, 5) is 33.7. The minimum atomic E-state index is 0.0862.